The monoisotopic (exact) mass is 329 g/mol. The summed E-state index contributed by atoms with van der Waals surface area (Å²) in [6, 6.07) is 7.61. The van der Waals surface area contributed by atoms with Crippen molar-refractivity contribution >= 4 is 11.6 Å². The molecule has 0 aliphatic heterocycles. The van der Waals surface area contributed by atoms with Gasteiger partial charge >= 0.3 is 0 Å². The average Bonchev–Trinajstić information content (AvgIpc) is 2.92. The van der Waals surface area contributed by atoms with Gasteiger partial charge in [0.05, 0.1) is 0 Å². The second-order valence-electron chi connectivity index (χ2n) is 4.85. The van der Waals surface area contributed by atoms with Gasteiger partial charge in [-0.3, -0.25) is 9.48 Å². The van der Waals surface area contributed by atoms with E-state index in [1.807, 2.05) is 19.1 Å². The molecular formula is C15H15F4N3O. The highest BCUT2D eigenvalue weighted by molar-refractivity contribution is 5.90. The van der Waals surface area contributed by atoms with Crippen LogP contribution in [0, 0.1) is 0 Å². The molecule has 2 rings (SSSR count). The lowest BCUT2D eigenvalue weighted by atomic mass is 10.1. The number of carbonyl (C=O) groups is 1. The van der Waals surface area contributed by atoms with E-state index in [4.69, 9.17) is 0 Å². The van der Waals surface area contributed by atoms with E-state index < -0.39 is 36.7 Å². The highest BCUT2D eigenvalue weighted by atomic mass is 19.3. The van der Waals surface area contributed by atoms with Gasteiger partial charge in [0.25, 0.3) is 12.9 Å². The van der Waals surface area contributed by atoms with Crippen LogP contribution < -0.4 is 5.32 Å². The van der Waals surface area contributed by atoms with Crippen molar-refractivity contribution in [1.82, 2.24) is 9.78 Å². The molecule has 1 heterocycles. The number of hydrogen-bond donors (Lipinski definition) is 1. The fourth-order valence-corrected chi connectivity index (χ4v) is 2.02. The quantitative estimate of drug-likeness (QED) is 0.816. The van der Waals surface area contributed by atoms with Crippen molar-refractivity contribution in [2.45, 2.75) is 32.7 Å². The van der Waals surface area contributed by atoms with Crippen LogP contribution in [0.5, 0.6) is 0 Å². The van der Waals surface area contributed by atoms with Crippen molar-refractivity contribution in [1.29, 1.82) is 0 Å². The van der Waals surface area contributed by atoms with Crippen molar-refractivity contribution in [3.63, 3.8) is 0 Å². The Bertz CT molecular complexity index is 668. The Labute approximate surface area is 130 Å². The first-order chi connectivity index (χ1) is 10.9. The number of amides is 1. The fourth-order valence-electron chi connectivity index (χ4n) is 2.02. The smallest absolute Gasteiger partial charge is 0.282 e. The normalized spacial score (nSPS) is 11.3. The predicted octanol–water partition coefficient (Wildman–Crippen LogP) is 3.96. The molecule has 0 spiro atoms. The van der Waals surface area contributed by atoms with Crippen molar-refractivity contribution in [3.05, 3.63) is 47.3 Å². The van der Waals surface area contributed by atoms with E-state index in [1.54, 1.807) is 12.1 Å². The van der Waals surface area contributed by atoms with Gasteiger partial charge in [0.15, 0.2) is 0 Å². The summed E-state index contributed by atoms with van der Waals surface area (Å²) in [5.74, 6) is -0.625. The summed E-state index contributed by atoms with van der Waals surface area (Å²) >= 11 is 0. The first-order valence-electron chi connectivity index (χ1n) is 6.93. The third-order valence-electron chi connectivity index (χ3n) is 3.22. The number of hydrogen-bond acceptors (Lipinski definition) is 2. The average molecular weight is 329 g/mol. The van der Waals surface area contributed by atoms with Crippen LogP contribution in [0.3, 0.4) is 0 Å². The zero-order valence-corrected chi connectivity index (χ0v) is 12.3. The molecule has 0 fully saturated rings. The minimum Gasteiger partial charge on any atom is -0.324 e. The van der Waals surface area contributed by atoms with Crippen LogP contribution in [-0.4, -0.2) is 15.7 Å². The third kappa shape index (κ3) is 4.30. The number of alkyl halides is 4. The Morgan fingerprint density at radius 3 is 2.35 bits per heavy atom. The van der Waals surface area contributed by atoms with Gasteiger partial charge in [-0.05, 0) is 30.2 Å². The zero-order valence-electron chi connectivity index (χ0n) is 12.3. The molecule has 0 aliphatic carbocycles. The van der Waals surface area contributed by atoms with Crippen LogP contribution in [0.1, 0.15) is 36.7 Å². The van der Waals surface area contributed by atoms with E-state index >= 15 is 0 Å². The van der Waals surface area contributed by atoms with Gasteiger partial charge in [0, 0.05) is 5.69 Å². The molecule has 0 saturated heterocycles. The molecule has 8 heteroatoms. The second kappa shape index (κ2) is 7.26. The molecule has 0 bridgehead atoms. The molecule has 2 aromatic rings. The van der Waals surface area contributed by atoms with Crippen molar-refractivity contribution < 1.29 is 22.4 Å². The SMILES string of the molecule is CCc1ccc(NC(=O)Cn2nc(C(F)F)cc2C(F)F)cc1. The van der Waals surface area contributed by atoms with Gasteiger partial charge in [-0.1, -0.05) is 19.1 Å². The predicted molar refractivity (Wildman–Crippen MR) is 76.6 cm³/mol. The Morgan fingerprint density at radius 1 is 1.17 bits per heavy atom. The van der Waals surface area contributed by atoms with E-state index in [9.17, 15) is 22.4 Å². The molecule has 124 valence electrons. The third-order valence-corrected chi connectivity index (χ3v) is 3.22. The van der Waals surface area contributed by atoms with E-state index in [2.05, 4.69) is 10.4 Å². The highest BCUT2D eigenvalue weighted by Gasteiger charge is 2.22. The molecule has 0 unspecified atom stereocenters. The van der Waals surface area contributed by atoms with E-state index in [1.165, 1.54) is 0 Å². The summed E-state index contributed by atoms with van der Waals surface area (Å²) in [6.07, 6.45) is -5.12. The number of halogens is 4. The highest BCUT2D eigenvalue weighted by Crippen LogP contribution is 2.25. The van der Waals surface area contributed by atoms with Crippen molar-refractivity contribution in [2.75, 3.05) is 5.32 Å². The number of benzene rings is 1. The number of nitrogens with one attached hydrogen (secondary N) is 1. The summed E-state index contributed by atoms with van der Waals surface area (Å²) in [7, 11) is 0. The van der Waals surface area contributed by atoms with Crippen LogP contribution in [0.25, 0.3) is 0 Å². The Morgan fingerprint density at radius 2 is 1.83 bits per heavy atom. The molecule has 0 atom stereocenters. The molecule has 23 heavy (non-hydrogen) atoms. The second-order valence-corrected chi connectivity index (χ2v) is 4.85. The Balaban J connectivity index is 2.09. The molecular weight excluding hydrogens is 314 g/mol. The number of aromatic nitrogens is 2. The minimum atomic E-state index is -2.99. The number of nitrogens with zero attached hydrogens (tertiary/aromatic N) is 2. The number of rotatable bonds is 6. The lowest BCUT2D eigenvalue weighted by molar-refractivity contribution is -0.117. The van der Waals surface area contributed by atoms with Crippen LogP contribution in [-0.2, 0) is 17.8 Å². The maximum absolute atomic E-state index is 12.8. The standard InChI is InChI=1S/C15H15F4N3O/c1-2-9-3-5-10(6-4-9)20-13(23)8-22-12(15(18)19)7-11(21-22)14(16)17/h3-7,14-15H,2,8H2,1H3,(H,20,23). The lowest BCUT2D eigenvalue weighted by Gasteiger charge is -2.08. The first-order valence-corrected chi connectivity index (χ1v) is 6.93. The summed E-state index contributed by atoms with van der Waals surface area (Å²) in [4.78, 5) is 11.9. The maximum atomic E-state index is 12.8. The van der Waals surface area contributed by atoms with Crippen molar-refractivity contribution in [2.24, 2.45) is 0 Å². The summed E-state index contributed by atoms with van der Waals surface area (Å²) in [6.45, 7) is 1.42. The summed E-state index contributed by atoms with van der Waals surface area (Å²) in [5.41, 5.74) is 0.0841. The van der Waals surface area contributed by atoms with Gasteiger partial charge in [0.2, 0.25) is 5.91 Å². The lowest BCUT2D eigenvalue weighted by Crippen LogP contribution is -2.21. The maximum Gasteiger partial charge on any atom is 0.282 e. The molecule has 1 N–H and O–H groups in total. The molecule has 0 radical (unpaired) electrons. The number of aryl methyl sites for hydroxylation is 1. The van der Waals surface area contributed by atoms with E-state index in [-0.39, 0.29) is 0 Å². The molecule has 1 amide bonds. The Kier molecular flexibility index (Phi) is 5.36. The van der Waals surface area contributed by atoms with Crippen LogP contribution >= 0.6 is 0 Å². The van der Waals surface area contributed by atoms with E-state index in [0.717, 1.165) is 12.0 Å². The fraction of sp³-hybridized carbons (Fsp3) is 0.333. The Hall–Kier alpha value is -2.38. The van der Waals surface area contributed by atoms with Gasteiger partial charge in [-0.15, -0.1) is 0 Å². The summed E-state index contributed by atoms with van der Waals surface area (Å²) in [5, 5.41) is 5.88. The molecule has 0 aliphatic rings. The molecule has 0 saturated carbocycles. The van der Waals surface area contributed by atoms with Crippen LogP contribution in [0.15, 0.2) is 30.3 Å². The number of anilines is 1. The minimum absolute atomic E-state index is 0.493. The van der Waals surface area contributed by atoms with Gasteiger partial charge in [0.1, 0.15) is 17.9 Å². The molecule has 1 aromatic carbocycles. The van der Waals surface area contributed by atoms with Gasteiger partial charge in [-0.2, -0.15) is 5.10 Å². The molecule has 4 nitrogen and oxygen atoms in total. The molecule has 1 aromatic heterocycles. The summed E-state index contributed by atoms with van der Waals surface area (Å²) < 4.78 is 51.4. The zero-order chi connectivity index (χ0) is 17.0. The topological polar surface area (TPSA) is 46.9 Å². The van der Waals surface area contributed by atoms with Gasteiger partial charge in [-0.25, -0.2) is 17.6 Å². The van der Waals surface area contributed by atoms with Crippen LogP contribution in [0.4, 0.5) is 23.2 Å². The van der Waals surface area contributed by atoms with Gasteiger partial charge < -0.3 is 5.32 Å². The van der Waals surface area contributed by atoms with E-state index in [0.29, 0.717) is 16.4 Å². The number of carbonyl (C=O) groups excluding carboxylic acids is 1. The largest absolute Gasteiger partial charge is 0.324 e. The van der Waals surface area contributed by atoms with Crippen LogP contribution in [0.2, 0.25) is 0 Å². The first kappa shape index (κ1) is 17.0. The van der Waals surface area contributed by atoms with Crippen molar-refractivity contribution in [3.8, 4) is 0 Å².